The van der Waals surface area contributed by atoms with E-state index in [0.29, 0.717) is 23.0 Å². The molecule has 3 aromatic heterocycles. The Bertz CT molecular complexity index is 1530. The van der Waals surface area contributed by atoms with Crippen molar-refractivity contribution in [1.82, 2.24) is 19.5 Å². The van der Waals surface area contributed by atoms with Crippen LogP contribution in [0.4, 0.5) is 11.5 Å². The number of pyridine rings is 1. The van der Waals surface area contributed by atoms with Crippen molar-refractivity contribution in [1.29, 1.82) is 0 Å². The number of anilines is 2. The lowest BCUT2D eigenvalue weighted by molar-refractivity contribution is -0.112. The molecule has 0 spiro atoms. The molecule has 1 amide bonds. The number of carbonyl (C=O) groups excluding carboxylic acids is 1. The molecule has 3 heterocycles. The third-order valence-electron chi connectivity index (χ3n) is 6.63. The van der Waals surface area contributed by atoms with E-state index in [4.69, 9.17) is 10.5 Å². The molecule has 188 valence electrons. The van der Waals surface area contributed by atoms with E-state index < -0.39 is 0 Å². The molecule has 3 N–H and O–H groups in total. The van der Waals surface area contributed by atoms with Crippen LogP contribution in [-0.4, -0.2) is 31.5 Å². The van der Waals surface area contributed by atoms with Gasteiger partial charge in [0, 0.05) is 42.1 Å². The Hall–Kier alpha value is -4.46. The Morgan fingerprint density at radius 3 is 2.65 bits per heavy atom. The molecule has 37 heavy (non-hydrogen) atoms. The maximum atomic E-state index is 12.0. The smallest absolute Gasteiger partial charge is 0.250 e. The molecule has 0 saturated carbocycles. The summed E-state index contributed by atoms with van der Waals surface area (Å²) in [5.74, 6) is 0.908. The highest BCUT2D eigenvalue weighted by atomic mass is 16.5. The van der Waals surface area contributed by atoms with Gasteiger partial charge in [-0.1, -0.05) is 30.9 Å². The van der Waals surface area contributed by atoms with Gasteiger partial charge in [-0.3, -0.25) is 4.79 Å². The summed E-state index contributed by atoms with van der Waals surface area (Å²) in [6.07, 6.45) is 6.23. The van der Waals surface area contributed by atoms with Crippen molar-refractivity contribution < 1.29 is 9.53 Å². The highest BCUT2D eigenvalue weighted by Gasteiger charge is 2.26. The first-order valence-corrected chi connectivity index (χ1v) is 12.3. The summed E-state index contributed by atoms with van der Waals surface area (Å²) in [5, 5.41) is 3.71. The topological polar surface area (TPSA) is 108 Å². The number of nitrogens with two attached hydrogens (primary N) is 1. The lowest BCUT2D eigenvalue weighted by Gasteiger charge is -2.23. The molecule has 8 nitrogen and oxygen atoms in total. The Kier molecular flexibility index (Phi) is 6.48. The minimum atomic E-state index is -0.203. The number of amides is 1. The number of carbonyl (C=O) groups is 1. The van der Waals surface area contributed by atoms with E-state index in [1.165, 1.54) is 11.9 Å². The normalized spacial score (nSPS) is 15.3. The van der Waals surface area contributed by atoms with E-state index in [-0.39, 0.29) is 12.0 Å². The van der Waals surface area contributed by atoms with Crippen LogP contribution in [0.3, 0.4) is 0 Å². The van der Waals surface area contributed by atoms with Crippen molar-refractivity contribution in [3.8, 4) is 17.1 Å². The molecule has 1 aliphatic rings. The summed E-state index contributed by atoms with van der Waals surface area (Å²) < 4.78 is 8.22. The van der Waals surface area contributed by atoms with Crippen molar-refractivity contribution in [3.05, 3.63) is 78.3 Å². The number of allylic oxidation sites excluding steroid dienone is 1. The quantitative estimate of drug-likeness (QED) is 0.345. The van der Waals surface area contributed by atoms with Gasteiger partial charge in [-0.2, -0.15) is 0 Å². The second-order valence-electron chi connectivity index (χ2n) is 9.41. The van der Waals surface area contributed by atoms with Gasteiger partial charge in [-0.05, 0) is 56.0 Å². The van der Waals surface area contributed by atoms with Crippen molar-refractivity contribution in [2.45, 2.75) is 39.2 Å². The molecule has 4 aromatic rings. The van der Waals surface area contributed by atoms with Gasteiger partial charge in [-0.15, -0.1) is 0 Å². The standard InChI is InChI=1S/C29H30N6O2/c1-17(2)29(36)34-21-12-8-20(9-13-21)26-24(25-27(30)31-16-32-28(25)35(26)4)19-10-14-22(15-11-19)37-23-7-5-6-18(3)33-23/h5-10,12-13,16,22H,1,11,14-15H2,2-4H3,(H,34,36)(H2,30,31,32)/t22-/m1/s1. The molecule has 1 aromatic carbocycles. The lowest BCUT2D eigenvalue weighted by atomic mass is 9.89. The molecule has 0 saturated heterocycles. The van der Waals surface area contributed by atoms with Crippen LogP contribution in [0.1, 0.15) is 37.4 Å². The zero-order valence-corrected chi connectivity index (χ0v) is 21.3. The molecule has 0 fully saturated rings. The van der Waals surface area contributed by atoms with Crippen molar-refractivity contribution >= 4 is 34.0 Å². The fourth-order valence-electron chi connectivity index (χ4n) is 4.77. The number of ether oxygens (including phenoxy) is 1. The summed E-state index contributed by atoms with van der Waals surface area (Å²) in [4.78, 5) is 25.3. The number of aryl methyl sites for hydroxylation is 2. The number of hydrogen-bond donors (Lipinski definition) is 2. The Morgan fingerprint density at radius 1 is 1.19 bits per heavy atom. The number of fused-ring (bicyclic) bond motifs is 1. The highest BCUT2D eigenvalue weighted by molar-refractivity contribution is 6.05. The minimum absolute atomic E-state index is 0.0567. The van der Waals surface area contributed by atoms with E-state index in [1.54, 1.807) is 6.92 Å². The molecule has 8 heteroatoms. The number of nitrogens with zero attached hydrogens (tertiary/aromatic N) is 4. The monoisotopic (exact) mass is 494 g/mol. The van der Waals surface area contributed by atoms with Gasteiger partial charge in [0.25, 0.3) is 5.91 Å². The second-order valence-corrected chi connectivity index (χ2v) is 9.41. The summed E-state index contributed by atoms with van der Waals surface area (Å²) in [6, 6.07) is 13.6. The molecule has 0 radical (unpaired) electrons. The SMILES string of the molecule is C=C(C)C(=O)Nc1ccc(-c2c(C3=CC[C@@H](Oc4cccc(C)n4)CC3)c3c(N)ncnc3n2C)cc1. The number of benzene rings is 1. The Morgan fingerprint density at radius 2 is 1.97 bits per heavy atom. The molecular weight excluding hydrogens is 464 g/mol. The first-order chi connectivity index (χ1) is 17.8. The van der Waals surface area contributed by atoms with Crippen molar-refractivity contribution in [2.24, 2.45) is 7.05 Å². The van der Waals surface area contributed by atoms with Crippen molar-refractivity contribution in [3.63, 3.8) is 0 Å². The zero-order valence-electron chi connectivity index (χ0n) is 21.3. The van der Waals surface area contributed by atoms with Crippen LogP contribution in [0.5, 0.6) is 5.88 Å². The molecule has 5 rings (SSSR count). The molecule has 0 aliphatic heterocycles. The summed E-state index contributed by atoms with van der Waals surface area (Å²) in [7, 11) is 1.99. The van der Waals surface area contributed by atoms with Gasteiger partial charge in [0.15, 0.2) is 0 Å². The first-order valence-electron chi connectivity index (χ1n) is 12.3. The van der Waals surface area contributed by atoms with E-state index >= 15 is 0 Å². The number of rotatable bonds is 6. The van der Waals surface area contributed by atoms with Crippen LogP contribution in [-0.2, 0) is 11.8 Å². The van der Waals surface area contributed by atoms with Crippen LogP contribution in [0, 0.1) is 6.92 Å². The third-order valence-corrected chi connectivity index (χ3v) is 6.63. The highest BCUT2D eigenvalue weighted by Crippen LogP contribution is 2.42. The van der Waals surface area contributed by atoms with Crippen LogP contribution < -0.4 is 15.8 Å². The maximum Gasteiger partial charge on any atom is 0.250 e. The van der Waals surface area contributed by atoms with Gasteiger partial charge >= 0.3 is 0 Å². The van der Waals surface area contributed by atoms with E-state index in [9.17, 15) is 4.79 Å². The summed E-state index contributed by atoms with van der Waals surface area (Å²) >= 11 is 0. The van der Waals surface area contributed by atoms with E-state index in [1.807, 2.05) is 56.4 Å². The second kappa shape index (κ2) is 9.89. The van der Waals surface area contributed by atoms with Crippen molar-refractivity contribution in [2.75, 3.05) is 11.1 Å². The molecule has 0 bridgehead atoms. The molecular formula is C29H30N6O2. The molecule has 1 aliphatic carbocycles. The van der Waals surface area contributed by atoms with Gasteiger partial charge in [-0.25, -0.2) is 15.0 Å². The maximum absolute atomic E-state index is 12.0. The van der Waals surface area contributed by atoms with Crippen LogP contribution in [0.15, 0.2) is 67.0 Å². The lowest BCUT2D eigenvalue weighted by Crippen LogP contribution is -2.19. The summed E-state index contributed by atoms with van der Waals surface area (Å²) in [5.41, 5.74) is 13.5. The van der Waals surface area contributed by atoms with Gasteiger partial charge in [0.1, 0.15) is 23.9 Å². The number of nitrogens with one attached hydrogen (secondary N) is 1. The van der Waals surface area contributed by atoms with Gasteiger partial charge < -0.3 is 20.4 Å². The van der Waals surface area contributed by atoms with Crippen LogP contribution >= 0.6 is 0 Å². The summed E-state index contributed by atoms with van der Waals surface area (Å²) in [6.45, 7) is 7.34. The zero-order chi connectivity index (χ0) is 26.1. The predicted octanol–water partition coefficient (Wildman–Crippen LogP) is 5.45. The molecule has 1 atom stereocenters. The van der Waals surface area contributed by atoms with Crippen LogP contribution in [0.2, 0.25) is 0 Å². The Balaban J connectivity index is 1.51. The fraction of sp³-hybridized carbons (Fsp3) is 0.241. The number of hydrogen-bond acceptors (Lipinski definition) is 6. The third kappa shape index (κ3) is 4.82. The largest absolute Gasteiger partial charge is 0.474 e. The molecule has 0 unspecified atom stereocenters. The van der Waals surface area contributed by atoms with Crippen LogP contribution in [0.25, 0.3) is 27.9 Å². The predicted molar refractivity (Wildman–Crippen MR) is 147 cm³/mol. The average molecular weight is 495 g/mol. The van der Waals surface area contributed by atoms with E-state index in [0.717, 1.165) is 52.8 Å². The number of nitrogen functional groups attached to an aromatic ring is 1. The number of aromatic nitrogens is 4. The Labute approximate surface area is 215 Å². The minimum Gasteiger partial charge on any atom is -0.474 e. The first kappa shape index (κ1) is 24.2. The van der Waals surface area contributed by atoms with Gasteiger partial charge in [0.2, 0.25) is 5.88 Å². The fourth-order valence-corrected chi connectivity index (χ4v) is 4.77. The van der Waals surface area contributed by atoms with E-state index in [2.05, 4.69) is 37.5 Å². The average Bonchev–Trinajstić information content (AvgIpc) is 3.18. The van der Waals surface area contributed by atoms with Gasteiger partial charge in [0.05, 0.1) is 11.1 Å².